The predicted octanol–water partition coefficient (Wildman–Crippen LogP) is 5.41. The molecular weight excluding hydrogens is 580 g/mol. The molecule has 9 nitrogen and oxygen atoms in total. The molecule has 3 heterocycles. The summed E-state index contributed by atoms with van der Waals surface area (Å²) in [4.78, 5) is 44.8. The van der Waals surface area contributed by atoms with E-state index in [4.69, 9.17) is 18.6 Å². The fourth-order valence-corrected chi connectivity index (χ4v) is 5.96. The number of ether oxygens (including phenoxy) is 3. The van der Waals surface area contributed by atoms with Crippen LogP contribution in [0.5, 0.6) is 5.75 Å². The third-order valence-electron chi connectivity index (χ3n) is 6.82. The lowest BCUT2D eigenvalue weighted by Crippen LogP contribution is -2.40. The van der Waals surface area contributed by atoms with Crippen LogP contribution in [0.25, 0.3) is 17.4 Å². The van der Waals surface area contributed by atoms with Gasteiger partial charge in [-0.25, -0.2) is 14.6 Å². The maximum Gasteiger partial charge on any atom is 0.338 e. The molecule has 0 saturated carbocycles. The van der Waals surface area contributed by atoms with Crippen molar-refractivity contribution in [3.05, 3.63) is 109 Å². The SMILES string of the molecule is CCCOc1ccccc1[C@@H]1C(C(=O)OCC)=C(C)N=c2s/c(=C/c3ccc(-c4cccc(C(=O)OC(C)C)c4)o3)c(=O)n21. The van der Waals surface area contributed by atoms with Gasteiger partial charge in [-0.3, -0.25) is 9.36 Å². The van der Waals surface area contributed by atoms with Crippen LogP contribution in [0.1, 0.15) is 68.8 Å². The van der Waals surface area contributed by atoms with Gasteiger partial charge in [0.2, 0.25) is 0 Å². The first kappa shape index (κ1) is 30.7. The highest BCUT2D eigenvalue weighted by Gasteiger charge is 2.35. The number of esters is 2. The number of carbonyl (C=O) groups is 2. The molecule has 44 heavy (non-hydrogen) atoms. The smallest absolute Gasteiger partial charge is 0.338 e. The highest BCUT2D eigenvalue weighted by molar-refractivity contribution is 7.07. The minimum absolute atomic E-state index is 0.184. The number of rotatable bonds is 10. The van der Waals surface area contributed by atoms with E-state index in [1.165, 1.54) is 15.9 Å². The van der Waals surface area contributed by atoms with Gasteiger partial charge in [0.1, 0.15) is 23.3 Å². The normalized spacial score (nSPS) is 14.8. The van der Waals surface area contributed by atoms with E-state index in [-0.39, 0.29) is 23.8 Å². The predicted molar refractivity (Wildman–Crippen MR) is 167 cm³/mol. The first-order valence-electron chi connectivity index (χ1n) is 14.5. The van der Waals surface area contributed by atoms with Crippen LogP contribution in [0.15, 0.2) is 86.1 Å². The molecule has 0 N–H and O–H groups in total. The second-order valence-electron chi connectivity index (χ2n) is 10.4. The van der Waals surface area contributed by atoms with E-state index in [1.807, 2.05) is 37.3 Å². The van der Waals surface area contributed by atoms with Gasteiger partial charge in [0.05, 0.1) is 40.7 Å². The number of thiazole rings is 1. The number of allylic oxidation sites excluding steroid dienone is 1. The maximum atomic E-state index is 14.0. The summed E-state index contributed by atoms with van der Waals surface area (Å²) in [6, 6.07) is 17.1. The van der Waals surface area contributed by atoms with Gasteiger partial charge in [0, 0.05) is 17.2 Å². The summed E-state index contributed by atoms with van der Waals surface area (Å²) in [5.74, 6) is 0.617. The van der Waals surface area contributed by atoms with Crippen LogP contribution in [-0.2, 0) is 14.3 Å². The number of para-hydroxylation sites is 1. The quantitative estimate of drug-likeness (QED) is 0.220. The molecule has 1 aliphatic rings. The monoisotopic (exact) mass is 614 g/mol. The lowest BCUT2D eigenvalue weighted by Gasteiger charge is -2.26. The Morgan fingerprint density at radius 3 is 2.61 bits per heavy atom. The van der Waals surface area contributed by atoms with Crippen LogP contribution in [-0.4, -0.2) is 35.8 Å². The molecule has 10 heteroatoms. The van der Waals surface area contributed by atoms with Crippen molar-refractivity contribution in [3.8, 4) is 17.1 Å². The van der Waals surface area contributed by atoms with Gasteiger partial charge in [-0.15, -0.1) is 0 Å². The molecule has 0 unspecified atom stereocenters. The zero-order valence-corrected chi connectivity index (χ0v) is 26.1. The summed E-state index contributed by atoms with van der Waals surface area (Å²) in [5, 5.41) is 0. The summed E-state index contributed by atoms with van der Waals surface area (Å²) in [6.45, 7) is 9.76. The molecule has 0 bridgehead atoms. The van der Waals surface area contributed by atoms with E-state index in [2.05, 4.69) is 4.99 Å². The molecule has 0 saturated heterocycles. The van der Waals surface area contributed by atoms with Crippen LogP contribution in [0.4, 0.5) is 0 Å². The number of furan rings is 1. The van der Waals surface area contributed by atoms with Crippen molar-refractivity contribution in [2.75, 3.05) is 13.2 Å². The van der Waals surface area contributed by atoms with Crippen LogP contribution in [0, 0.1) is 0 Å². The number of carbonyl (C=O) groups excluding carboxylic acids is 2. The third kappa shape index (κ3) is 6.30. The summed E-state index contributed by atoms with van der Waals surface area (Å²) >= 11 is 1.21. The van der Waals surface area contributed by atoms with Crippen molar-refractivity contribution in [1.82, 2.24) is 4.57 Å². The molecule has 2 aromatic heterocycles. The molecule has 0 fully saturated rings. The molecule has 1 atom stereocenters. The first-order valence-corrected chi connectivity index (χ1v) is 15.4. The van der Waals surface area contributed by atoms with Crippen molar-refractivity contribution >= 4 is 29.4 Å². The van der Waals surface area contributed by atoms with Gasteiger partial charge < -0.3 is 18.6 Å². The zero-order chi connectivity index (χ0) is 31.4. The summed E-state index contributed by atoms with van der Waals surface area (Å²) in [5.41, 5.74) is 2.22. The van der Waals surface area contributed by atoms with Crippen LogP contribution >= 0.6 is 11.3 Å². The molecule has 5 rings (SSSR count). The second kappa shape index (κ2) is 13.3. The van der Waals surface area contributed by atoms with Gasteiger partial charge in [-0.05, 0) is 64.4 Å². The second-order valence-corrected chi connectivity index (χ2v) is 11.4. The first-order chi connectivity index (χ1) is 21.2. The molecule has 0 amide bonds. The lowest BCUT2D eigenvalue weighted by atomic mass is 9.95. The van der Waals surface area contributed by atoms with Crippen molar-refractivity contribution < 1.29 is 28.2 Å². The molecule has 2 aromatic carbocycles. The Kier molecular flexibility index (Phi) is 9.29. The molecule has 4 aromatic rings. The molecular formula is C34H34N2O7S. The minimum atomic E-state index is -0.791. The minimum Gasteiger partial charge on any atom is -0.493 e. The van der Waals surface area contributed by atoms with Gasteiger partial charge in [-0.2, -0.15) is 0 Å². The largest absolute Gasteiger partial charge is 0.493 e. The highest BCUT2D eigenvalue weighted by atomic mass is 32.1. The van der Waals surface area contributed by atoms with Crippen molar-refractivity contribution in [3.63, 3.8) is 0 Å². The Labute approximate surface area is 258 Å². The van der Waals surface area contributed by atoms with Crippen molar-refractivity contribution in [2.24, 2.45) is 4.99 Å². The van der Waals surface area contributed by atoms with E-state index in [9.17, 15) is 14.4 Å². The van der Waals surface area contributed by atoms with Gasteiger partial charge in [0.15, 0.2) is 4.80 Å². The Balaban J connectivity index is 1.58. The lowest BCUT2D eigenvalue weighted by molar-refractivity contribution is -0.139. The van der Waals surface area contributed by atoms with Gasteiger partial charge in [0.25, 0.3) is 5.56 Å². The van der Waals surface area contributed by atoms with Gasteiger partial charge >= 0.3 is 11.9 Å². The summed E-state index contributed by atoms with van der Waals surface area (Å²) in [7, 11) is 0. The van der Waals surface area contributed by atoms with E-state index < -0.39 is 18.0 Å². The number of fused-ring (bicyclic) bond motifs is 1. The average Bonchev–Trinajstić information content (AvgIpc) is 3.59. The van der Waals surface area contributed by atoms with Crippen molar-refractivity contribution in [2.45, 2.75) is 53.2 Å². The number of hydrogen-bond acceptors (Lipinski definition) is 9. The molecule has 228 valence electrons. The average molecular weight is 615 g/mol. The van der Waals surface area contributed by atoms with Gasteiger partial charge in [-0.1, -0.05) is 48.6 Å². The third-order valence-corrected chi connectivity index (χ3v) is 7.80. The van der Waals surface area contributed by atoms with Crippen LogP contribution < -0.4 is 19.6 Å². The standard InChI is InChI=1S/C34H34N2O7S/c1-6-17-41-27-14-9-8-13-25(27)30-29(33(39)40-7-2)21(5)35-34-36(30)31(37)28(44-34)19-24-15-16-26(43-24)22-11-10-12-23(18-22)32(38)42-20(3)4/h8-16,18-20,30H,6-7,17H2,1-5H3/b28-19+/t30-/m1/s1. The number of aromatic nitrogens is 1. The zero-order valence-electron chi connectivity index (χ0n) is 25.3. The number of nitrogens with zero attached hydrogens (tertiary/aromatic N) is 2. The number of benzene rings is 2. The molecule has 1 aliphatic heterocycles. The molecule has 0 spiro atoms. The van der Waals surface area contributed by atoms with Crippen LogP contribution in [0.3, 0.4) is 0 Å². The molecule has 0 radical (unpaired) electrons. The van der Waals surface area contributed by atoms with Crippen molar-refractivity contribution in [1.29, 1.82) is 0 Å². The summed E-state index contributed by atoms with van der Waals surface area (Å²) in [6.07, 6.45) is 2.22. The topological polar surface area (TPSA) is 109 Å². The maximum absolute atomic E-state index is 14.0. The van der Waals surface area contributed by atoms with E-state index in [0.29, 0.717) is 55.6 Å². The molecule has 0 aliphatic carbocycles. The van der Waals surface area contributed by atoms with E-state index in [1.54, 1.807) is 64.1 Å². The Morgan fingerprint density at radius 1 is 1.07 bits per heavy atom. The Bertz CT molecular complexity index is 1910. The highest BCUT2D eigenvalue weighted by Crippen LogP contribution is 2.36. The fourth-order valence-electron chi connectivity index (χ4n) is 4.93. The Hall–Kier alpha value is -4.70. The Morgan fingerprint density at radius 2 is 1.86 bits per heavy atom. The van der Waals surface area contributed by atoms with E-state index in [0.717, 1.165) is 6.42 Å². The fraction of sp³-hybridized carbons (Fsp3) is 0.294. The van der Waals surface area contributed by atoms with E-state index >= 15 is 0 Å². The van der Waals surface area contributed by atoms with Crippen LogP contribution in [0.2, 0.25) is 0 Å². The summed E-state index contributed by atoms with van der Waals surface area (Å²) < 4.78 is 24.7. The number of hydrogen-bond donors (Lipinski definition) is 0.